The Labute approximate surface area is 78.8 Å². The van der Waals surface area contributed by atoms with Crippen LogP contribution in [0.15, 0.2) is 0 Å². The van der Waals surface area contributed by atoms with Crippen molar-refractivity contribution in [2.24, 2.45) is 0 Å². The summed E-state index contributed by atoms with van der Waals surface area (Å²) in [6.07, 6.45) is 3.01. The van der Waals surface area contributed by atoms with E-state index in [1.165, 1.54) is 0 Å². The monoisotopic (exact) mass is 192 g/mol. The summed E-state index contributed by atoms with van der Waals surface area (Å²) >= 11 is 0. The quantitative estimate of drug-likeness (QED) is 0.322. The van der Waals surface area contributed by atoms with Crippen molar-refractivity contribution in [2.75, 3.05) is 13.2 Å². The molecule has 0 aliphatic rings. The zero-order chi connectivity index (χ0) is 10.2. The van der Waals surface area contributed by atoms with Crippen molar-refractivity contribution in [2.45, 2.75) is 44.3 Å². The van der Waals surface area contributed by atoms with Crippen molar-refractivity contribution in [3.05, 3.63) is 0 Å². The summed E-state index contributed by atoms with van der Waals surface area (Å²) in [5.74, 6) is -1.62. The van der Waals surface area contributed by atoms with E-state index in [1.807, 2.05) is 0 Å². The first kappa shape index (κ1) is 12.8. The van der Waals surface area contributed by atoms with E-state index in [4.69, 9.17) is 10.2 Å². The predicted molar refractivity (Wildman–Crippen MR) is 49.0 cm³/mol. The van der Waals surface area contributed by atoms with Gasteiger partial charge < -0.3 is 20.4 Å². The minimum Gasteiger partial charge on any atom is -0.396 e. The molecule has 0 aromatic heterocycles. The summed E-state index contributed by atoms with van der Waals surface area (Å²) in [6.45, 7) is 0.180. The second-order valence-corrected chi connectivity index (χ2v) is 3.34. The van der Waals surface area contributed by atoms with Gasteiger partial charge in [0.15, 0.2) is 5.79 Å². The van der Waals surface area contributed by atoms with Crippen LogP contribution in [0.1, 0.15) is 38.5 Å². The number of aliphatic hydroxyl groups excluding tert-OH is 2. The van der Waals surface area contributed by atoms with Crippen LogP contribution in [0.5, 0.6) is 0 Å². The third-order valence-electron chi connectivity index (χ3n) is 1.97. The van der Waals surface area contributed by atoms with Gasteiger partial charge in [-0.25, -0.2) is 0 Å². The molecule has 0 spiro atoms. The molecule has 0 heterocycles. The molecular weight excluding hydrogens is 172 g/mol. The van der Waals surface area contributed by atoms with E-state index in [1.54, 1.807) is 0 Å². The number of aliphatic hydroxyl groups is 4. The Bertz CT molecular complexity index is 102. The Morgan fingerprint density at radius 3 is 1.38 bits per heavy atom. The maximum Gasteiger partial charge on any atom is 0.162 e. The van der Waals surface area contributed by atoms with E-state index < -0.39 is 5.79 Å². The van der Waals surface area contributed by atoms with Crippen LogP contribution in [0.4, 0.5) is 0 Å². The molecule has 0 aromatic carbocycles. The highest BCUT2D eigenvalue weighted by molar-refractivity contribution is 4.64. The first-order valence-corrected chi connectivity index (χ1v) is 4.79. The molecule has 0 saturated heterocycles. The zero-order valence-electron chi connectivity index (χ0n) is 7.95. The van der Waals surface area contributed by atoms with Gasteiger partial charge in [0.05, 0.1) is 0 Å². The lowest BCUT2D eigenvalue weighted by molar-refractivity contribution is -0.172. The highest BCUT2D eigenvalue weighted by Crippen LogP contribution is 2.17. The summed E-state index contributed by atoms with van der Waals surface area (Å²) in [5, 5.41) is 35.7. The van der Waals surface area contributed by atoms with Gasteiger partial charge in [-0.2, -0.15) is 0 Å². The van der Waals surface area contributed by atoms with Crippen molar-refractivity contribution in [1.82, 2.24) is 0 Å². The summed E-state index contributed by atoms with van der Waals surface area (Å²) < 4.78 is 0. The SMILES string of the molecule is OCCCCC(O)(O)CCCCO. The molecule has 0 aliphatic carbocycles. The Hall–Kier alpha value is -0.160. The normalized spacial score (nSPS) is 12.0. The summed E-state index contributed by atoms with van der Waals surface area (Å²) in [4.78, 5) is 0. The first-order chi connectivity index (χ1) is 6.12. The third-order valence-corrected chi connectivity index (χ3v) is 1.97. The van der Waals surface area contributed by atoms with Gasteiger partial charge in [0.25, 0.3) is 0 Å². The van der Waals surface area contributed by atoms with Gasteiger partial charge in [-0.3, -0.25) is 0 Å². The molecule has 0 aliphatic heterocycles. The molecule has 0 amide bonds. The highest BCUT2D eigenvalue weighted by atomic mass is 16.5. The first-order valence-electron chi connectivity index (χ1n) is 4.79. The molecule has 0 fully saturated rings. The van der Waals surface area contributed by atoms with E-state index >= 15 is 0 Å². The maximum absolute atomic E-state index is 9.36. The third kappa shape index (κ3) is 8.18. The zero-order valence-corrected chi connectivity index (χ0v) is 7.95. The van der Waals surface area contributed by atoms with Crippen molar-refractivity contribution < 1.29 is 20.4 Å². The van der Waals surface area contributed by atoms with Gasteiger partial charge in [-0.05, 0) is 25.7 Å². The van der Waals surface area contributed by atoms with Crippen LogP contribution in [-0.2, 0) is 0 Å². The van der Waals surface area contributed by atoms with Gasteiger partial charge in [0.2, 0.25) is 0 Å². The molecule has 0 aromatic rings. The predicted octanol–water partition coefficient (Wildman–Crippen LogP) is -0.00750. The van der Waals surface area contributed by atoms with Gasteiger partial charge in [0, 0.05) is 26.1 Å². The molecule has 0 unspecified atom stereocenters. The standard InChI is InChI=1S/C9H20O4/c10-7-3-1-5-9(12,13)6-2-4-8-11/h10-13H,1-8H2. The number of hydrogen-bond acceptors (Lipinski definition) is 4. The van der Waals surface area contributed by atoms with E-state index in [9.17, 15) is 10.2 Å². The minimum atomic E-state index is -1.62. The topological polar surface area (TPSA) is 80.9 Å². The molecule has 80 valence electrons. The van der Waals surface area contributed by atoms with E-state index in [2.05, 4.69) is 0 Å². The van der Waals surface area contributed by atoms with Crippen LogP contribution < -0.4 is 0 Å². The van der Waals surface area contributed by atoms with Crippen LogP contribution in [0.3, 0.4) is 0 Å². The van der Waals surface area contributed by atoms with Crippen LogP contribution >= 0.6 is 0 Å². The Kier molecular flexibility index (Phi) is 7.17. The lowest BCUT2D eigenvalue weighted by Crippen LogP contribution is -2.27. The number of rotatable bonds is 8. The van der Waals surface area contributed by atoms with Crippen LogP contribution in [0.25, 0.3) is 0 Å². The van der Waals surface area contributed by atoms with Gasteiger partial charge >= 0.3 is 0 Å². The average Bonchev–Trinajstić information content (AvgIpc) is 2.05. The lowest BCUT2D eigenvalue weighted by Gasteiger charge is -2.21. The van der Waals surface area contributed by atoms with Crippen LogP contribution in [0, 0.1) is 0 Å². The van der Waals surface area contributed by atoms with Crippen molar-refractivity contribution in [3.8, 4) is 0 Å². The van der Waals surface area contributed by atoms with Crippen molar-refractivity contribution in [1.29, 1.82) is 0 Å². The number of unbranched alkanes of at least 4 members (excludes halogenated alkanes) is 2. The fourth-order valence-electron chi connectivity index (χ4n) is 1.16. The summed E-state index contributed by atoms with van der Waals surface area (Å²) in [5.41, 5.74) is 0. The minimum absolute atomic E-state index is 0.0900. The van der Waals surface area contributed by atoms with Gasteiger partial charge in [0.1, 0.15) is 0 Å². The molecule has 0 bridgehead atoms. The van der Waals surface area contributed by atoms with E-state index in [-0.39, 0.29) is 13.2 Å². The molecule has 4 N–H and O–H groups in total. The largest absolute Gasteiger partial charge is 0.396 e. The molecule has 0 radical (unpaired) electrons. The van der Waals surface area contributed by atoms with Crippen LogP contribution in [0.2, 0.25) is 0 Å². The molecule has 4 heteroatoms. The van der Waals surface area contributed by atoms with E-state index in [0.29, 0.717) is 38.5 Å². The van der Waals surface area contributed by atoms with Gasteiger partial charge in [-0.1, -0.05) is 0 Å². The maximum atomic E-state index is 9.36. The second kappa shape index (κ2) is 7.26. The fraction of sp³-hybridized carbons (Fsp3) is 1.00. The lowest BCUT2D eigenvalue weighted by atomic mass is 10.0. The molecular formula is C9H20O4. The Morgan fingerprint density at radius 2 is 1.08 bits per heavy atom. The average molecular weight is 192 g/mol. The molecule has 0 rings (SSSR count). The summed E-state index contributed by atoms with van der Waals surface area (Å²) in [7, 11) is 0. The highest BCUT2D eigenvalue weighted by Gasteiger charge is 2.20. The molecule has 4 nitrogen and oxygen atoms in total. The molecule has 13 heavy (non-hydrogen) atoms. The van der Waals surface area contributed by atoms with Crippen LogP contribution in [-0.4, -0.2) is 39.4 Å². The van der Waals surface area contributed by atoms with E-state index in [0.717, 1.165) is 0 Å². The smallest absolute Gasteiger partial charge is 0.162 e. The Balaban J connectivity index is 3.42. The van der Waals surface area contributed by atoms with Gasteiger partial charge in [-0.15, -0.1) is 0 Å². The second-order valence-electron chi connectivity index (χ2n) is 3.34. The Morgan fingerprint density at radius 1 is 0.692 bits per heavy atom. The summed E-state index contributed by atoms with van der Waals surface area (Å²) in [6, 6.07) is 0. The number of hydrogen-bond donors (Lipinski definition) is 4. The fourth-order valence-corrected chi connectivity index (χ4v) is 1.16. The molecule has 0 saturated carbocycles. The van der Waals surface area contributed by atoms with Crippen molar-refractivity contribution >= 4 is 0 Å². The molecule has 0 atom stereocenters. The van der Waals surface area contributed by atoms with Crippen molar-refractivity contribution in [3.63, 3.8) is 0 Å².